The van der Waals surface area contributed by atoms with Gasteiger partial charge in [0, 0.05) is 24.4 Å². The number of hydrogen-bond acceptors (Lipinski definition) is 5. The lowest BCUT2D eigenvalue weighted by Crippen LogP contribution is -2.44. The van der Waals surface area contributed by atoms with Gasteiger partial charge in [0.15, 0.2) is 5.16 Å². The maximum absolute atomic E-state index is 5.74. The number of nitrogen functional groups attached to an aromatic ring is 1. The van der Waals surface area contributed by atoms with Crippen molar-refractivity contribution in [2.45, 2.75) is 30.3 Å². The minimum atomic E-state index is 0.320. The van der Waals surface area contributed by atoms with Crippen molar-refractivity contribution in [2.24, 2.45) is 0 Å². The van der Waals surface area contributed by atoms with Gasteiger partial charge in [-0.1, -0.05) is 11.8 Å². The predicted molar refractivity (Wildman–Crippen MR) is 57.3 cm³/mol. The maximum atomic E-state index is 5.74. The van der Waals surface area contributed by atoms with Crippen LogP contribution >= 0.6 is 11.8 Å². The Bertz CT molecular complexity index is 318. The van der Waals surface area contributed by atoms with E-state index in [0.717, 1.165) is 18.2 Å². The molecule has 0 spiro atoms. The van der Waals surface area contributed by atoms with E-state index < -0.39 is 0 Å². The Hall–Kier alpha value is -0.750. The van der Waals surface area contributed by atoms with Crippen LogP contribution in [0, 0.1) is 0 Å². The minimum Gasteiger partial charge on any atom is -0.368 e. The van der Waals surface area contributed by atoms with Gasteiger partial charge in [-0.25, -0.2) is 0 Å². The Balaban J connectivity index is 2.15. The van der Waals surface area contributed by atoms with E-state index in [9.17, 15) is 0 Å². The van der Waals surface area contributed by atoms with E-state index in [-0.39, 0.29) is 0 Å². The van der Waals surface area contributed by atoms with E-state index >= 15 is 0 Å². The van der Waals surface area contributed by atoms with Crippen molar-refractivity contribution in [3.63, 3.8) is 0 Å². The van der Waals surface area contributed by atoms with E-state index in [1.165, 1.54) is 0 Å². The lowest BCUT2D eigenvalue weighted by atomic mass is 10.3. The number of hydrogen-bond donors (Lipinski definition) is 2. The number of thioether (sulfide) groups is 1. The molecule has 1 aromatic heterocycles. The van der Waals surface area contributed by atoms with Crippen molar-refractivity contribution >= 4 is 17.7 Å². The Morgan fingerprint density at radius 2 is 2.21 bits per heavy atom. The highest BCUT2D eigenvalue weighted by Gasteiger charge is 2.22. The van der Waals surface area contributed by atoms with Gasteiger partial charge in [0.2, 0.25) is 5.95 Å². The normalized spacial score (nSPS) is 17.4. The molecule has 2 heterocycles. The highest BCUT2D eigenvalue weighted by atomic mass is 32.2. The molecule has 0 radical (unpaired) electrons. The number of nitrogens with one attached hydrogen (secondary N) is 1. The molecule has 0 aliphatic carbocycles. The van der Waals surface area contributed by atoms with E-state index in [0.29, 0.717) is 17.2 Å². The molecule has 1 aromatic rings. The molecule has 0 bridgehead atoms. The molecule has 0 aromatic carbocycles. The largest absolute Gasteiger partial charge is 0.368 e. The van der Waals surface area contributed by atoms with Crippen LogP contribution in [-0.2, 0) is 0 Å². The fraction of sp³-hybridized carbons (Fsp3) is 0.750. The Labute approximate surface area is 87.5 Å². The number of nitrogens with two attached hydrogens (primary N) is 1. The molecule has 78 valence electrons. The maximum Gasteiger partial charge on any atom is 0.222 e. The van der Waals surface area contributed by atoms with Gasteiger partial charge in [-0.15, -0.1) is 10.2 Å². The third kappa shape index (κ3) is 1.72. The molecule has 14 heavy (non-hydrogen) atoms. The summed E-state index contributed by atoms with van der Waals surface area (Å²) in [5, 5.41) is 12.8. The lowest BCUT2D eigenvalue weighted by Gasteiger charge is -2.26. The summed E-state index contributed by atoms with van der Waals surface area (Å²) in [5.74, 6) is 0.509. The van der Waals surface area contributed by atoms with Gasteiger partial charge in [-0.05, 0) is 13.8 Å². The minimum absolute atomic E-state index is 0.320. The van der Waals surface area contributed by atoms with E-state index in [1.54, 1.807) is 11.8 Å². The van der Waals surface area contributed by atoms with E-state index in [4.69, 9.17) is 5.73 Å². The summed E-state index contributed by atoms with van der Waals surface area (Å²) in [6, 6.07) is 0.320. The first kappa shape index (κ1) is 9.79. The van der Waals surface area contributed by atoms with Gasteiger partial charge >= 0.3 is 0 Å². The van der Waals surface area contributed by atoms with Crippen LogP contribution in [0.1, 0.15) is 19.9 Å². The number of aromatic nitrogens is 3. The molecular weight excluding hydrogens is 198 g/mol. The van der Waals surface area contributed by atoms with Crippen LogP contribution in [-0.4, -0.2) is 33.1 Å². The lowest BCUT2D eigenvalue weighted by molar-refractivity contribution is 0.530. The first-order valence-corrected chi connectivity index (χ1v) is 5.64. The average molecular weight is 213 g/mol. The molecule has 2 rings (SSSR count). The van der Waals surface area contributed by atoms with Crippen LogP contribution in [0.4, 0.5) is 5.95 Å². The highest BCUT2D eigenvalue weighted by molar-refractivity contribution is 7.99. The highest BCUT2D eigenvalue weighted by Crippen LogP contribution is 2.27. The summed E-state index contributed by atoms with van der Waals surface area (Å²) < 4.78 is 1.98. The van der Waals surface area contributed by atoms with Crippen molar-refractivity contribution in [3.8, 4) is 0 Å². The predicted octanol–water partition coefficient (Wildman–Crippen LogP) is 0.505. The van der Waals surface area contributed by atoms with E-state index in [2.05, 4.69) is 29.4 Å². The topological polar surface area (TPSA) is 68.8 Å². The zero-order valence-electron chi connectivity index (χ0n) is 8.40. The van der Waals surface area contributed by atoms with Gasteiger partial charge in [-0.2, -0.15) is 0 Å². The average Bonchev–Trinajstić information content (AvgIpc) is 2.39. The van der Waals surface area contributed by atoms with Crippen LogP contribution in [0.25, 0.3) is 0 Å². The number of rotatable bonds is 3. The first-order chi connectivity index (χ1) is 6.68. The van der Waals surface area contributed by atoms with Gasteiger partial charge < -0.3 is 11.1 Å². The summed E-state index contributed by atoms with van der Waals surface area (Å²) in [5.41, 5.74) is 5.74. The first-order valence-electron chi connectivity index (χ1n) is 4.76. The molecule has 0 unspecified atom stereocenters. The molecule has 1 aliphatic heterocycles. The summed E-state index contributed by atoms with van der Waals surface area (Å²) in [7, 11) is 0. The van der Waals surface area contributed by atoms with Gasteiger partial charge in [0.25, 0.3) is 0 Å². The van der Waals surface area contributed by atoms with Gasteiger partial charge in [0.1, 0.15) is 0 Å². The molecule has 1 fully saturated rings. The number of nitrogens with zero attached hydrogens (tertiary/aromatic N) is 3. The smallest absolute Gasteiger partial charge is 0.222 e. The van der Waals surface area contributed by atoms with Crippen molar-refractivity contribution in [3.05, 3.63) is 0 Å². The molecule has 6 heteroatoms. The Morgan fingerprint density at radius 3 is 2.71 bits per heavy atom. The third-order valence-corrected chi connectivity index (χ3v) is 3.38. The monoisotopic (exact) mass is 213 g/mol. The molecule has 1 aliphatic rings. The molecule has 0 atom stereocenters. The zero-order chi connectivity index (χ0) is 10.1. The molecule has 3 N–H and O–H groups in total. The Kier molecular flexibility index (Phi) is 2.64. The second kappa shape index (κ2) is 3.78. The fourth-order valence-electron chi connectivity index (χ4n) is 1.35. The molecule has 0 saturated carbocycles. The molecule has 1 saturated heterocycles. The summed E-state index contributed by atoms with van der Waals surface area (Å²) in [4.78, 5) is 0. The quantitative estimate of drug-likeness (QED) is 0.765. The van der Waals surface area contributed by atoms with E-state index in [1.807, 2.05) is 4.57 Å². The third-order valence-electron chi connectivity index (χ3n) is 2.22. The second-order valence-corrected chi connectivity index (χ2v) is 4.97. The van der Waals surface area contributed by atoms with Crippen molar-refractivity contribution < 1.29 is 0 Å². The summed E-state index contributed by atoms with van der Waals surface area (Å²) in [6.07, 6.45) is 0. The van der Waals surface area contributed by atoms with Crippen LogP contribution in [0.2, 0.25) is 0 Å². The molecular formula is C8H15N5S. The molecule has 5 nitrogen and oxygen atoms in total. The Morgan fingerprint density at radius 1 is 1.50 bits per heavy atom. The van der Waals surface area contributed by atoms with Crippen molar-refractivity contribution in [1.82, 2.24) is 20.1 Å². The second-order valence-electron chi connectivity index (χ2n) is 3.70. The van der Waals surface area contributed by atoms with Crippen LogP contribution in [0.3, 0.4) is 0 Å². The van der Waals surface area contributed by atoms with Crippen molar-refractivity contribution in [1.29, 1.82) is 0 Å². The SMILES string of the molecule is CC(C)n1c(N)nnc1SC1CNC1. The van der Waals surface area contributed by atoms with Gasteiger partial charge in [0.05, 0.1) is 0 Å². The number of anilines is 1. The van der Waals surface area contributed by atoms with Crippen molar-refractivity contribution in [2.75, 3.05) is 18.8 Å². The molecule has 0 amide bonds. The van der Waals surface area contributed by atoms with Crippen LogP contribution in [0.15, 0.2) is 5.16 Å². The zero-order valence-corrected chi connectivity index (χ0v) is 9.21. The fourth-order valence-corrected chi connectivity index (χ4v) is 2.56. The summed E-state index contributed by atoms with van der Waals surface area (Å²) in [6.45, 7) is 6.27. The van der Waals surface area contributed by atoms with Gasteiger partial charge in [-0.3, -0.25) is 4.57 Å². The van der Waals surface area contributed by atoms with Crippen LogP contribution < -0.4 is 11.1 Å². The van der Waals surface area contributed by atoms with Crippen LogP contribution in [0.5, 0.6) is 0 Å². The summed E-state index contributed by atoms with van der Waals surface area (Å²) >= 11 is 1.75. The standard InChI is InChI=1S/C8H15N5S/c1-5(2)13-7(9)11-12-8(13)14-6-3-10-4-6/h5-6,10H,3-4H2,1-2H3,(H2,9,11).